The second-order valence-corrected chi connectivity index (χ2v) is 3.04. The summed E-state index contributed by atoms with van der Waals surface area (Å²) < 4.78 is 42.0. The van der Waals surface area contributed by atoms with Crippen LogP contribution in [-0.4, -0.2) is 23.3 Å². The molecule has 0 radical (unpaired) electrons. The molecule has 4 nitrogen and oxygen atoms in total. The molecule has 0 aromatic carbocycles. The van der Waals surface area contributed by atoms with E-state index in [1.165, 1.54) is 0 Å². The summed E-state index contributed by atoms with van der Waals surface area (Å²) in [5, 5.41) is 8.48. The molecule has 0 aliphatic carbocycles. The van der Waals surface area contributed by atoms with Crippen LogP contribution in [0.3, 0.4) is 0 Å². The predicted molar refractivity (Wildman–Crippen MR) is 50.8 cm³/mol. The number of halogens is 3. The first-order valence-corrected chi connectivity index (χ1v) is 4.52. The van der Waals surface area contributed by atoms with E-state index in [0.717, 1.165) is 12.1 Å². The quantitative estimate of drug-likeness (QED) is 0.776. The zero-order valence-corrected chi connectivity index (χ0v) is 8.29. The van der Waals surface area contributed by atoms with Gasteiger partial charge in [0.1, 0.15) is 5.82 Å². The number of hydrogen-bond acceptors (Lipinski definition) is 4. The Kier molecular flexibility index (Phi) is 3.94. The van der Waals surface area contributed by atoms with E-state index < -0.39 is 11.7 Å². The fraction of sp³-hybridized carbons (Fsp3) is 0.444. The number of anilines is 1. The van der Waals surface area contributed by atoms with Crippen LogP contribution in [0.2, 0.25) is 0 Å². The van der Waals surface area contributed by atoms with Crippen LogP contribution in [-0.2, 0) is 6.18 Å². The Bertz CT molecular complexity index is 355. The molecule has 0 saturated carbocycles. The van der Waals surface area contributed by atoms with E-state index >= 15 is 0 Å². The fourth-order valence-electron chi connectivity index (χ4n) is 1.00. The molecule has 1 rings (SSSR count). The number of nitrogen functional groups attached to an aromatic ring is 1. The predicted octanol–water partition coefficient (Wildman–Crippen LogP) is 1.44. The summed E-state index contributed by atoms with van der Waals surface area (Å²) in [4.78, 5) is 3.59. The molecule has 1 aromatic heterocycles. The summed E-state index contributed by atoms with van der Waals surface area (Å²) in [5.41, 5.74) is 4.32. The summed E-state index contributed by atoms with van der Waals surface area (Å²) in [7, 11) is 0. The first-order chi connectivity index (χ1) is 7.43. The minimum atomic E-state index is -4.48. The number of aliphatic hydroxyl groups is 1. The Labute approximate surface area is 89.9 Å². The minimum absolute atomic E-state index is 0.0876. The smallest absolute Gasteiger partial charge is 0.416 e. The van der Waals surface area contributed by atoms with Gasteiger partial charge in [0.2, 0.25) is 5.88 Å². The third-order valence-electron chi connectivity index (χ3n) is 1.70. The number of nitrogens with zero attached hydrogens (tertiary/aromatic N) is 1. The first kappa shape index (κ1) is 12.6. The van der Waals surface area contributed by atoms with E-state index in [4.69, 9.17) is 15.6 Å². The maximum atomic E-state index is 12.4. The van der Waals surface area contributed by atoms with Crippen molar-refractivity contribution in [2.45, 2.75) is 12.6 Å². The van der Waals surface area contributed by atoms with E-state index in [1.54, 1.807) is 0 Å². The van der Waals surface area contributed by atoms with E-state index in [0.29, 0.717) is 6.42 Å². The Morgan fingerprint density at radius 2 is 2.06 bits per heavy atom. The van der Waals surface area contributed by atoms with Gasteiger partial charge >= 0.3 is 6.18 Å². The number of ether oxygens (including phenoxy) is 1. The Morgan fingerprint density at radius 1 is 1.38 bits per heavy atom. The molecule has 16 heavy (non-hydrogen) atoms. The highest BCUT2D eigenvalue weighted by Crippen LogP contribution is 2.31. The van der Waals surface area contributed by atoms with Gasteiger partial charge in [0, 0.05) is 19.1 Å². The highest BCUT2D eigenvalue weighted by Gasteiger charge is 2.31. The van der Waals surface area contributed by atoms with Crippen LogP contribution in [0.15, 0.2) is 12.1 Å². The topological polar surface area (TPSA) is 68.4 Å². The van der Waals surface area contributed by atoms with Crippen LogP contribution in [0, 0.1) is 0 Å². The molecule has 0 saturated heterocycles. The van der Waals surface area contributed by atoms with Gasteiger partial charge in [-0.25, -0.2) is 0 Å². The Balaban J connectivity index is 2.82. The van der Waals surface area contributed by atoms with E-state index in [2.05, 4.69) is 4.98 Å². The van der Waals surface area contributed by atoms with Crippen molar-refractivity contribution >= 4 is 5.82 Å². The number of pyridine rings is 1. The van der Waals surface area contributed by atoms with Crippen LogP contribution in [0.1, 0.15) is 12.0 Å². The lowest BCUT2D eigenvalue weighted by Crippen LogP contribution is -2.09. The summed E-state index contributed by atoms with van der Waals surface area (Å²) in [6.07, 6.45) is -4.16. The van der Waals surface area contributed by atoms with Gasteiger partial charge < -0.3 is 15.6 Å². The van der Waals surface area contributed by atoms with Crippen molar-refractivity contribution in [1.29, 1.82) is 0 Å². The average Bonchev–Trinajstić information content (AvgIpc) is 2.16. The van der Waals surface area contributed by atoms with Crippen molar-refractivity contribution in [1.82, 2.24) is 4.98 Å². The number of hydrogen-bond donors (Lipinski definition) is 2. The maximum absolute atomic E-state index is 12.4. The summed E-state index contributed by atoms with van der Waals surface area (Å²) in [6.45, 7) is -0.0152. The van der Waals surface area contributed by atoms with Crippen LogP contribution >= 0.6 is 0 Å². The molecule has 1 aromatic rings. The lowest BCUT2D eigenvalue weighted by molar-refractivity contribution is -0.137. The van der Waals surface area contributed by atoms with Gasteiger partial charge in [0.15, 0.2) is 0 Å². The minimum Gasteiger partial charge on any atom is -0.478 e. The van der Waals surface area contributed by atoms with E-state index in [1.807, 2.05) is 0 Å². The summed E-state index contributed by atoms with van der Waals surface area (Å²) in [5.74, 6) is -0.449. The normalized spacial score (nSPS) is 11.5. The van der Waals surface area contributed by atoms with Crippen molar-refractivity contribution in [2.75, 3.05) is 18.9 Å². The second kappa shape index (κ2) is 5.02. The highest BCUT2D eigenvalue weighted by atomic mass is 19.4. The molecule has 0 aliphatic rings. The Hall–Kier alpha value is -1.50. The lowest BCUT2D eigenvalue weighted by Gasteiger charge is -2.10. The van der Waals surface area contributed by atoms with Crippen molar-refractivity contribution in [3.8, 4) is 5.88 Å². The van der Waals surface area contributed by atoms with Crippen LogP contribution in [0.5, 0.6) is 5.88 Å². The highest BCUT2D eigenvalue weighted by molar-refractivity contribution is 5.38. The zero-order chi connectivity index (χ0) is 12.2. The Morgan fingerprint density at radius 3 is 2.62 bits per heavy atom. The molecular formula is C9H11F3N2O2. The standard InChI is InChI=1S/C9H11F3N2O2/c10-9(11,12)6-4-7(13)14-8(5-6)16-3-1-2-15/h4-5,15H,1-3H2,(H2,13,14). The van der Waals surface area contributed by atoms with Gasteiger partial charge in [0.05, 0.1) is 12.2 Å². The third kappa shape index (κ3) is 3.58. The largest absolute Gasteiger partial charge is 0.478 e. The number of aromatic nitrogens is 1. The number of aliphatic hydroxyl groups excluding tert-OH is 1. The molecule has 0 amide bonds. The van der Waals surface area contributed by atoms with Gasteiger partial charge in [-0.1, -0.05) is 0 Å². The monoisotopic (exact) mass is 236 g/mol. The molecular weight excluding hydrogens is 225 g/mol. The average molecular weight is 236 g/mol. The zero-order valence-electron chi connectivity index (χ0n) is 8.29. The summed E-state index contributed by atoms with van der Waals surface area (Å²) >= 11 is 0. The molecule has 0 bridgehead atoms. The number of rotatable bonds is 4. The van der Waals surface area contributed by atoms with Crippen molar-refractivity contribution in [3.63, 3.8) is 0 Å². The molecule has 0 fully saturated rings. The third-order valence-corrected chi connectivity index (χ3v) is 1.70. The van der Waals surface area contributed by atoms with Crippen LogP contribution in [0.4, 0.5) is 19.0 Å². The van der Waals surface area contributed by atoms with Gasteiger partial charge in [-0.05, 0) is 6.07 Å². The van der Waals surface area contributed by atoms with E-state index in [-0.39, 0.29) is 24.9 Å². The molecule has 1 heterocycles. The molecule has 0 aliphatic heterocycles. The fourth-order valence-corrected chi connectivity index (χ4v) is 1.00. The molecule has 0 unspecified atom stereocenters. The molecule has 0 spiro atoms. The van der Waals surface area contributed by atoms with Gasteiger partial charge in [-0.3, -0.25) is 0 Å². The molecule has 90 valence electrons. The maximum Gasteiger partial charge on any atom is 0.416 e. The van der Waals surface area contributed by atoms with Crippen molar-refractivity contribution in [3.05, 3.63) is 17.7 Å². The van der Waals surface area contributed by atoms with Crippen LogP contribution < -0.4 is 10.5 Å². The second-order valence-electron chi connectivity index (χ2n) is 3.04. The van der Waals surface area contributed by atoms with E-state index in [9.17, 15) is 13.2 Å². The van der Waals surface area contributed by atoms with Crippen molar-refractivity contribution < 1.29 is 23.0 Å². The summed E-state index contributed by atoms with van der Waals surface area (Å²) in [6, 6.07) is 1.51. The molecule has 7 heteroatoms. The number of nitrogens with two attached hydrogens (primary N) is 1. The lowest BCUT2D eigenvalue weighted by atomic mass is 10.2. The van der Waals surface area contributed by atoms with Gasteiger partial charge in [-0.2, -0.15) is 18.2 Å². The van der Waals surface area contributed by atoms with Gasteiger partial charge in [0.25, 0.3) is 0 Å². The van der Waals surface area contributed by atoms with Crippen molar-refractivity contribution in [2.24, 2.45) is 0 Å². The van der Waals surface area contributed by atoms with Crippen LogP contribution in [0.25, 0.3) is 0 Å². The number of alkyl halides is 3. The van der Waals surface area contributed by atoms with Gasteiger partial charge in [-0.15, -0.1) is 0 Å². The molecule has 0 atom stereocenters. The molecule has 3 N–H and O–H groups in total. The first-order valence-electron chi connectivity index (χ1n) is 4.52. The SMILES string of the molecule is Nc1cc(C(F)(F)F)cc(OCCCO)n1.